The van der Waals surface area contributed by atoms with Crippen molar-refractivity contribution < 1.29 is 18.7 Å². The zero-order valence-corrected chi connectivity index (χ0v) is 21.1. The number of hydrogen-bond donors (Lipinski definition) is 3. The third-order valence-corrected chi connectivity index (χ3v) is 7.37. The summed E-state index contributed by atoms with van der Waals surface area (Å²) >= 11 is 8.47. The van der Waals surface area contributed by atoms with E-state index in [2.05, 4.69) is 40.4 Å². The highest BCUT2D eigenvalue weighted by atomic mass is 32.1. The molecule has 1 aromatic rings. The van der Waals surface area contributed by atoms with Gasteiger partial charge in [0.05, 0.1) is 19.6 Å². The number of amides is 1. The van der Waals surface area contributed by atoms with Gasteiger partial charge in [-0.25, -0.2) is 4.39 Å². The predicted molar refractivity (Wildman–Crippen MR) is 135 cm³/mol. The molecule has 2 aliphatic rings. The first kappa shape index (κ1) is 26.3. The second-order valence-corrected chi connectivity index (χ2v) is 9.80. The van der Waals surface area contributed by atoms with Crippen molar-refractivity contribution in [2.75, 3.05) is 51.3 Å². The Labute approximate surface area is 207 Å². The molecule has 184 valence electrons. The maximum Gasteiger partial charge on any atom is 0.310 e. The van der Waals surface area contributed by atoms with Gasteiger partial charge >= 0.3 is 5.97 Å². The minimum absolute atomic E-state index is 0.0109. The van der Waals surface area contributed by atoms with Crippen molar-refractivity contribution in [1.29, 1.82) is 0 Å². The first-order chi connectivity index (χ1) is 16.0. The third kappa shape index (κ3) is 6.87. The van der Waals surface area contributed by atoms with E-state index in [-0.39, 0.29) is 35.6 Å². The number of ether oxygens (including phenoxy) is 1. The van der Waals surface area contributed by atoms with Crippen LogP contribution in [0.3, 0.4) is 0 Å². The summed E-state index contributed by atoms with van der Waals surface area (Å²) in [7, 11) is 1.45. The molecule has 0 aromatic heterocycles. The second kappa shape index (κ2) is 13.0. The Hall–Kier alpha value is -1.29. The lowest BCUT2D eigenvalue weighted by molar-refractivity contribution is -0.150. The second-order valence-electron chi connectivity index (χ2n) is 8.91. The molecule has 2 fully saturated rings. The topological polar surface area (TPSA) is 61.9 Å². The molecular weight excluding hydrogens is 461 g/mol. The van der Waals surface area contributed by atoms with Crippen LogP contribution in [-0.4, -0.2) is 85.1 Å². The lowest BCUT2D eigenvalue weighted by atomic mass is 9.76. The van der Waals surface area contributed by atoms with Crippen LogP contribution < -0.4 is 5.32 Å². The summed E-state index contributed by atoms with van der Waals surface area (Å²) in [6.07, 6.45) is 3.81. The number of piperidine rings is 1. The van der Waals surface area contributed by atoms with Crippen LogP contribution in [0.15, 0.2) is 24.3 Å². The van der Waals surface area contributed by atoms with E-state index in [1.165, 1.54) is 19.2 Å². The van der Waals surface area contributed by atoms with Crippen LogP contribution in [0.1, 0.15) is 37.2 Å². The molecule has 0 radical (unpaired) electrons. The maximum atomic E-state index is 13.5. The molecule has 9 heteroatoms. The Morgan fingerprint density at radius 3 is 2.61 bits per heavy atom. The molecular formula is C24H36FN3O3S2. The highest BCUT2D eigenvalue weighted by Gasteiger charge is 2.50. The van der Waals surface area contributed by atoms with Gasteiger partial charge in [-0.05, 0) is 56.5 Å². The van der Waals surface area contributed by atoms with Crippen LogP contribution in [0.2, 0.25) is 0 Å². The molecule has 3 unspecified atom stereocenters. The first-order valence-corrected chi connectivity index (χ1v) is 13.0. The van der Waals surface area contributed by atoms with Crippen LogP contribution in [0.5, 0.6) is 0 Å². The minimum atomic E-state index is -0.265. The Morgan fingerprint density at radius 2 is 1.94 bits per heavy atom. The summed E-state index contributed by atoms with van der Waals surface area (Å²) in [5, 5.41) is 2.87. The number of esters is 1. The fourth-order valence-electron chi connectivity index (χ4n) is 5.51. The molecule has 6 nitrogen and oxygen atoms in total. The lowest BCUT2D eigenvalue weighted by Gasteiger charge is -2.44. The van der Waals surface area contributed by atoms with Gasteiger partial charge in [-0.15, -0.1) is 0 Å². The van der Waals surface area contributed by atoms with E-state index in [0.717, 1.165) is 50.9 Å². The van der Waals surface area contributed by atoms with Gasteiger partial charge in [0.2, 0.25) is 5.91 Å². The van der Waals surface area contributed by atoms with E-state index >= 15 is 0 Å². The fourth-order valence-corrected chi connectivity index (χ4v) is 5.91. The number of carbonyl (C=O) groups is 2. The number of carbonyl (C=O) groups excluding carboxylic acids is 2. The van der Waals surface area contributed by atoms with Gasteiger partial charge in [0.15, 0.2) is 0 Å². The SMILES string of the molecule is COC(=O)C1C2CCC(C[C@@H]1c1ccc(F)cc1)N2CCCN(CCS)CC(=O)NCCS. The van der Waals surface area contributed by atoms with Crippen molar-refractivity contribution in [2.24, 2.45) is 5.92 Å². The summed E-state index contributed by atoms with van der Waals surface area (Å²) in [5.41, 5.74) is 1.01. The standard InChI is InChI=1S/C24H36FN3O3S2/c1-31-24(30)23-20(17-3-5-18(25)6-4-17)15-19-7-8-21(23)28(19)11-2-10-27(12-14-33)16-22(29)26-9-13-32/h3-6,19-21,23,32-33H,2,7-16H2,1H3,(H,26,29)/t19?,20-,21?,23?/m1/s1. The van der Waals surface area contributed by atoms with Gasteiger partial charge < -0.3 is 10.1 Å². The van der Waals surface area contributed by atoms with Crippen LogP contribution >= 0.6 is 25.3 Å². The van der Waals surface area contributed by atoms with Gasteiger partial charge in [0.1, 0.15) is 5.82 Å². The summed E-state index contributed by atoms with van der Waals surface area (Å²) < 4.78 is 18.7. The molecule has 1 amide bonds. The molecule has 0 spiro atoms. The van der Waals surface area contributed by atoms with Crippen LogP contribution in [0.25, 0.3) is 0 Å². The van der Waals surface area contributed by atoms with E-state index in [4.69, 9.17) is 4.74 Å². The Bertz CT molecular complexity index is 783. The molecule has 2 heterocycles. The Balaban J connectivity index is 1.63. The number of hydrogen-bond acceptors (Lipinski definition) is 7. The molecule has 1 aromatic carbocycles. The molecule has 3 rings (SSSR count). The average molecular weight is 498 g/mol. The third-order valence-electron chi connectivity index (χ3n) is 6.94. The molecule has 33 heavy (non-hydrogen) atoms. The Morgan fingerprint density at radius 1 is 1.18 bits per heavy atom. The van der Waals surface area contributed by atoms with Crippen LogP contribution in [0.4, 0.5) is 4.39 Å². The average Bonchev–Trinajstić information content (AvgIpc) is 3.08. The minimum Gasteiger partial charge on any atom is -0.469 e. The quantitative estimate of drug-likeness (QED) is 0.306. The van der Waals surface area contributed by atoms with Crippen molar-refractivity contribution in [3.8, 4) is 0 Å². The number of rotatable bonds is 12. The van der Waals surface area contributed by atoms with Crippen molar-refractivity contribution in [3.05, 3.63) is 35.6 Å². The number of thiol groups is 2. The van der Waals surface area contributed by atoms with E-state index in [1.54, 1.807) is 12.1 Å². The number of halogens is 1. The molecule has 2 aliphatic heterocycles. The van der Waals surface area contributed by atoms with Crippen LogP contribution in [0, 0.1) is 11.7 Å². The van der Waals surface area contributed by atoms with Crippen molar-refractivity contribution in [2.45, 2.75) is 43.7 Å². The van der Waals surface area contributed by atoms with Crippen molar-refractivity contribution in [1.82, 2.24) is 15.1 Å². The summed E-state index contributed by atoms with van der Waals surface area (Å²) in [5.74, 6) is 0.671. The van der Waals surface area contributed by atoms with Crippen molar-refractivity contribution in [3.63, 3.8) is 0 Å². The number of methoxy groups -OCH3 is 1. The van der Waals surface area contributed by atoms with E-state index in [9.17, 15) is 14.0 Å². The first-order valence-electron chi connectivity index (χ1n) is 11.8. The summed E-state index contributed by atoms with van der Waals surface area (Å²) in [4.78, 5) is 29.6. The van der Waals surface area contributed by atoms with Gasteiger partial charge in [-0.1, -0.05) is 12.1 Å². The van der Waals surface area contributed by atoms with E-state index in [0.29, 0.717) is 30.6 Å². The summed E-state index contributed by atoms with van der Waals surface area (Å²) in [6.45, 7) is 3.35. The molecule has 4 atom stereocenters. The Kier molecular flexibility index (Phi) is 10.3. The maximum absolute atomic E-state index is 13.5. The normalized spacial score (nSPS) is 24.8. The molecule has 2 saturated heterocycles. The highest BCUT2D eigenvalue weighted by Crippen LogP contribution is 2.47. The largest absolute Gasteiger partial charge is 0.469 e. The number of nitrogens with one attached hydrogen (secondary N) is 1. The summed E-state index contributed by atoms with van der Waals surface area (Å²) in [6, 6.07) is 7.09. The van der Waals surface area contributed by atoms with Gasteiger partial charge in [-0.2, -0.15) is 25.3 Å². The predicted octanol–water partition coefficient (Wildman–Crippen LogP) is 2.60. The lowest BCUT2D eigenvalue weighted by Crippen LogP contribution is -2.51. The number of benzene rings is 1. The van der Waals surface area contributed by atoms with Gasteiger partial charge in [0.25, 0.3) is 0 Å². The molecule has 0 saturated carbocycles. The smallest absolute Gasteiger partial charge is 0.310 e. The fraction of sp³-hybridized carbons (Fsp3) is 0.667. The zero-order valence-electron chi connectivity index (χ0n) is 19.3. The highest BCUT2D eigenvalue weighted by molar-refractivity contribution is 7.80. The molecule has 2 bridgehead atoms. The van der Waals surface area contributed by atoms with E-state index < -0.39 is 0 Å². The number of nitrogens with zero attached hydrogens (tertiary/aromatic N) is 2. The number of fused-ring (bicyclic) bond motifs is 2. The van der Waals surface area contributed by atoms with Crippen molar-refractivity contribution >= 4 is 37.1 Å². The van der Waals surface area contributed by atoms with E-state index in [1.807, 2.05) is 0 Å². The van der Waals surface area contributed by atoms with Gasteiger partial charge in [0, 0.05) is 42.6 Å². The molecule has 1 N–H and O–H groups in total. The zero-order chi connectivity index (χ0) is 23.8. The molecule has 0 aliphatic carbocycles. The van der Waals surface area contributed by atoms with Gasteiger partial charge in [-0.3, -0.25) is 19.4 Å². The van der Waals surface area contributed by atoms with Crippen LogP contribution in [-0.2, 0) is 14.3 Å². The monoisotopic (exact) mass is 497 g/mol.